The normalized spacial score (nSPS) is 12.5. The fourth-order valence-corrected chi connectivity index (χ4v) is 6.29. The van der Waals surface area contributed by atoms with Crippen molar-refractivity contribution in [2.24, 2.45) is 0 Å². The van der Waals surface area contributed by atoms with E-state index in [1.165, 1.54) is 17.0 Å². The first kappa shape index (κ1) is 32.4. The number of para-hydroxylation sites is 1. The lowest BCUT2D eigenvalue weighted by molar-refractivity contribution is -0.141. The summed E-state index contributed by atoms with van der Waals surface area (Å²) in [5, 5.41) is 3.64. The number of nitrogens with one attached hydrogen (secondary N) is 1. The predicted octanol–water partition coefficient (Wildman–Crippen LogP) is 6.47. The first-order valence-corrected chi connectivity index (χ1v) is 15.7. The van der Waals surface area contributed by atoms with Gasteiger partial charge in [0.1, 0.15) is 12.6 Å². The monoisotopic (exact) mass is 617 g/mol. The van der Waals surface area contributed by atoms with Crippen molar-refractivity contribution in [1.82, 2.24) is 10.2 Å². The summed E-state index contributed by atoms with van der Waals surface area (Å²) in [6.45, 7) is 8.84. The number of amides is 2. The molecular formula is C31H37Cl2N3O4S. The van der Waals surface area contributed by atoms with Gasteiger partial charge in [0.15, 0.2) is 0 Å². The molecule has 0 heterocycles. The fraction of sp³-hybridized carbons (Fsp3) is 0.355. The van der Waals surface area contributed by atoms with E-state index in [0.29, 0.717) is 34.1 Å². The second kappa shape index (κ2) is 13.7. The third-order valence-corrected chi connectivity index (χ3v) is 8.99. The van der Waals surface area contributed by atoms with Gasteiger partial charge in [0.2, 0.25) is 11.8 Å². The topological polar surface area (TPSA) is 86.8 Å². The molecular weight excluding hydrogens is 581 g/mol. The molecule has 3 aromatic rings. The van der Waals surface area contributed by atoms with Gasteiger partial charge in [-0.05, 0) is 75.1 Å². The van der Waals surface area contributed by atoms with Crippen LogP contribution in [0.3, 0.4) is 0 Å². The van der Waals surface area contributed by atoms with Crippen molar-refractivity contribution < 1.29 is 18.0 Å². The van der Waals surface area contributed by atoms with Gasteiger partial charge in [0.25, 0.3) is 10.0 Å². The number of nitrogens with zero attached hydrogens (tertiary/aromatic N) is 2. The van der Waals surface area contributed by atoms with Gasteiger partial charge in [-0.3, -0.25) is 13.9 Å². The average molecular weight is 619 g/mol. The maximum absolute atomic E-state index is 14.2. The second-order valence-electron chi connectivity index (χ2n) is 10.7. The molecule has 3 rings (SSSR count). The third-order valence-electron chi connectivity index (χ3n) is 6.47. The van der Waals surface area contributed by atoms with Gasteiger partial charge in [-0.25, -0.2) is 8.42 Å². The maximum Gasteiger partial charge on any atom is 0.264 e. The lowest BCUT2D eigenvalue weighted by atomic mass is 10.1. The predicted molar refractivity (Wildman–Crippen MR) is 166 cm³/mol. The van der Waals surface area contributed by atoms with Gasteiger partial charge in [0, 0.05) is 12.1 Å². The number of hydrogen-bond donors (Lipinski definition) is 1. The Morgan fingerprint density at radius 2 is 1.54 bits per heavy atom. The van der Waals surface area contributed by atoms with Crippen molar-refractivity contribution in [3.63, 3.8) is 0 Å². The largest absolute Gasteiger partial charge is 0.350 e. The SMILES string of the molecule is CCc1ccccc1N(CC(=O)N(Cc1ccc(Cl)c(Cl)c1)[C@@H](CC)C(=O)NC(C)(C)C)S(=O)(=O)c1ccccc1. The number of anilines is 1. The zero-order valence-electron chi connectivity index (χ0n) is 24.0. The number of rotatable bonds is 11. The number of carbonyl (C=O) groups is 2. The highest BCUT2D eigenvalue weighted by Crippen LogP contribution is 2.29. The molecule has 0 radical (unpaired) electrons. The Labute approximate surface area is 253 Å². The Morgan fingerprint density at radius 3 is 2.12 bits per heavy atom. The molecule has 3 aromatic carbocycles. The highest BCUT2D eigenvalue weighted by atomic mass is 35.5. The maximum atomic E-state index is 14.2. The number of benzene rings is 3. The van der Waals surface area contributed by atoms with Crippen LogP contribution in [0.25, 0.3) is 0 Å². The number of sulfonamides is 1. The zero-order valence-corrected chi connectivity index (χ0v) is 26.4. The molecule has 0 aromatic heterocycles. The van der Waals surface area contributed by atoms with Crippen LogP contribution in [0.4, 0.5) is 5.69 Å². The molecule has 0 saturated carbocycles. The van der Waals surface area contributed by atoms with Crippen LogP contribution in [0.2, 0.25) is 10.0 Å². The van der Waals surface area contributed by atoms with Crippen molar-refractivity contribution in [2.75, 3.05) is 10.8 Å². The summed E-state index contributed by atoms with van der Waals surface area (Å²) >= 11 is 12.4. The van der Waals surface area contributed by atoms with Gasteiger partial charge in [0.05, 0.1) is 20.6 Å². The summed E-state index contributed by atoms with van der Waals surface area (Å²) in [7, 11) is -4.14. The first-order valence-electron chi connectivity index (χ1n) is 13.5. The minimum atomic E-state index is -4.14. The second-order valence-corrected chi connectivity index (χ2v) is 13.4. The Balaban J connectivity index is 2.11. The van der Waals surface area contributed by atoms with Crippen LogP contribution in [0, 0.1) is 0 Å². The quantitative estimate of drug-likeness (QED) is 0.267. The van der Waals surface area contributed by atoms with Crippen molar-refractivity contribution in [2.45, 2.75) is 70.5 Å². The van der Waals surface area contributed by atoms with E-state index in [-0.39, 0.29) is 17.3 Å². The van der Waals surface area contributed by atoms with E-state index in [4.69, 9.17) is 23.2 Å². The lowest BCUT2D eigenvalue weighted by Crippen LogP contribution is -2.55. The molecule has 0 aliphatic rings. The van der Waals surface area contributed by atoms with Crippen LogP contribution in [0.5, 0.6) is 0 Å². The Kier molecular flexibility index (Phi) is 10.9. The summed E-state index contributed by atoms with van der Waals surface area (Å²) in [5.41, 5.74) is 1.30. The van der Waals surface area contributed by atoms with Crippen molar-refractivity contribution in [3.8, 4) is 0 Å². The molecule has 0 aliphatic carbocycles. The summed E-state index contributed by atoms with van der Waals surface area (Å²) in [6, 6.07) is 19.2. The Bertz CT molecular complexity index is 1470. The zero-order chi connectivity index (χ0) is 30.4. The Hall–Kier alpha value is -3.07. The van der Waals surface area contributed by atoms with Crippen LogP contribution < -0.4 is 9.62 Å². The molecule has 2 amide bonds. The van der Waals surface area contributed by atoms with Gasteiger partial charge in [-0.15, -0.1) is 0 Å². The fourth-order valence-electron chi connectivity index (χ4n) is 4.49. The molecule has 0 unspecified atom stereocenters. The van der Waals surface area contributed by atoms with Crippen LogP contribution >= 0.6 is 23.2 Å². The molecule has 0 fully saturated rings. The van der Waals surface area contributed by atoms with E-state index in [9.17, 15) is 18.0 Å². The molecule has 7 nitrogen and oxygen atoms in total. The van der Waals surface area contributed by atoms with Crippen molar-refractivity contribution in [3.05, 3.63) is 94.0 Å². The number of carbonyl (C=O) groups excluding carboxylic acids is 2. The van der Waals surface area contributed by atoms with Crippen molar-refractivity contribution in [1.29, 1.82) is 0 Å². The lowest BCUT2D eigenvalue weighted by Gasteiger charge is -2.35. The molecule has 1 N–H and O–H groups in total. The van der Waals surface area contributed by atoms with Crippen LogP contribution in [-0.2, 0) is 32.6 Å². The molecule has 0 bridgehead atoms. The highest BCUT2D eigenvalue weighted by Gasteiger charge is 2.35. The molecule has 10 heteroatoms. The third kappa shape index (κ3) is 8.24. The molecule has 41 heavy (non-hydrogen) atoms. The summed E-state index contributed by atoms with van der Waals surface area (Å²) < 4.78 is 29.1. The molecule has 1 atom stereocenters. The summed E-state index contributed by atoms with van der Waals surface area (Å²) in [5.74, 6) is -0.864. The van der Waals surface area contributed by atoms with E-state index in [1.54, 1.807) is 48.5 Å². The molecule has 220 valence electrons. The van der Waals surface area contributed by atoms with Gasteiger partial charge in [-0.2, -0.15) is 0 Å². The number of hydrogen-bond acceptors (Lipinski definition) is 4. The average Bonchev–Trinajstić information content (AvgIpc) is 2.92. The number of aryl methyl sites for hydroxylation is 1. The van der Waals surface area contributed by atoms with E-state index in [2.05, 4.69) is 5.32 Å². The standard InChI is InChI=1S/C31H37Cl2N3O4S/c1-6-23-13-11-12-16-28(23)36(41(39,40)24-14-9-8-10-15-24)21-29(37)35(20-22-17-18-25(32)26(33)19-22)27(7-2)30(38)34-31(3,4)5/h8-19,27H,6-7,20-21H2,1-5H3,(H,34,38)/t27-/m0/s1. The minimum absolute atomic E-state index is 0.0282. The molecule has 0 aliphatic heterocycles. The summed E-state index contributed by atoms with van der Waals surface area (Å²) in [6.07, 6.45) is 0.871. The van der Waals surface area contributed by atoms with Crippen LogP contribution in [0.1, 0.15) is 52.2 Å². The van der Waals surface area contributed by atoms with E-state index < -0.39 is 34.1 Å². The van der Waals surface area contributed by atoms with Crippen molar-refractivity contribution >= 4 is 50.7 Å². The van der Waals surface area contributed by atoms with Crippen LogP contribution in [-0.4, -0.2) is 43.3 Å². The van der Waals surface area contributed by atoms with Crippen LogP contribution in [0.15, 0.2) is 77.7 Å². The number of halogens is 2. The smallest absolute Gasteiger partial charge is 0.264 e. The van der Waals surface area contributed by atoms with Gasteiger partial charge < -0.3 is 10.2 Å². The van der Waals surface area contributed by atoms with E-state index in [0.717, 1.165) is 9.87 Å². The Morgan fingerprint density at radius 1 is 0.902 bits per heavy atom. The highest BCUT2D eigenvalue weighted by molar-refractivity contribution is 7.92. The molecule has 0 saturated heterocycles. The molecule has 0 spiro atoms. The van der Waals surface area contributed by atoms with Gasteiger partial charge >= 0.3 is 0 Å². The minimum Gasteiger partial charge on any atom is -0.350 e. The summed E-state index contributed by atoms with van der Waals surface area (Å²) in [4.78, 5) is 29.1. The van der Waals surface area contributed by atoms with Gasteiger partial charge in [-0.1, -0.05) is 79.5 Å². The van der Waals surface area contributed by atoms with E-state index >= 15 is 0 Å². The first-order chi connectivity index (χ1) is 19.3. The van der Waals surface area contributed by atoms with E-state index in [1.807, 2.05) is 46.8 Å².